The number of carbonyl (C=O) groups excluding carboxylic acids is 2. The number of ether oxygens (including phenoxy) is 2. The van der Waals surface area contributed by atoms with Gasteiger partial charge in [0.2, 0.25) is 11.8 Å². The monoisotopic (exact) mass is 398 g/mol. The number of methoxy groups -OCH3 is 2. The number of rotatable bonds is 4. The van der Waals surface area contributed by atoms with Gasteiger partial charge in [-0.05, 0) is 62.0 Å². The average Bonchev–Trinajstić information content (AvgIpc) is 3.00. The molecular formula is C23H30N2O4. The highest BCUT2D eigenvalue weighted by atomic mass is 16.5. The summed E-state index contributed by atoms with van der Waals surface area (Å²) in [4.78, 5) is 30.1. The van der Waals surface area contributed by atoms with Gasteiger partial charge in [-0.15, -0.1) is 0 Å². The smallest absolute Gasteiger partial charge is 0.228 e. The Labute approximate surface area is 172 Å². The van der Waals surface area contributed by atoms with Gasteiger partial charge >= 0.3 is 0 Å². The summed E-state index contributed by atoms with van der Waals surface area (Å²) in [6.07, 6.45) is 6.58. The molecule has 29 heavy (non-hydrogen) atoms. The second-order valence-electron chi connectivity index (χ2n) is 9.37. The van der Waals surface area contributed by atoms with Crippen molar-refractivity contribution in [3.8, 4) is 11.5 Å². The lowest BCUT2D eigenvalue weighted by Crippen LogP contribution is -2.45. The van der Waals surface area contributed by atoms with E-state index in [-0.39, 0.29) is 17.7 Å². The molecule has 0 spiro atoms. The van der Waals surface area contributed by atoms with Crippen LogP contribution in [0.4, 0.5) is 5.69 Å². The Morgan fingerprint density at radius 2 is 1.62 bits per heavy atom. The molecule has 1 aromatic carbocycles. The van der Waals surface area contributed by atoms with Crippen molar-refractivity contribution in [3.63, 3.8) is 0 Å². The molecule has 2 saturated carbocycles. The highest BCUT2D eigenvalue weighted by Crippen LogP contribution is 2.48. The van der Waals surface area contributed by atoms with Gasteiger partial charge in [0.1, 0.15) is 0 Å². The highest BCUT2D eigenvalue weighted by molar-refractivity contribution is 6.00. The average molecular weight is 399 g/mol. The van der Waals surface area contributed by atoms with Crippen LogP contribution in [0.3, 0.4) is 0 Å². The molecule has 3 heterocycles. The van der Waals surface area contributed by atoms with Crippen molar-refractivity contribution in [2.45, 2.75) is 44.6 Å². The van der Waals surface area contributed by atoms with E-state index >= 15 is 0 Å². The molecule has 6 rings (SSSR count). The lowest BCUT2D eigenvalue weighted by molar-refractivity contribution is -0.138. The third-order valence-corrected chi connectivity index (χ3v) is 7.54. The standard InChI is InChI=1S/C23H30N2O4/c1-28-20-4-3-18(11-21(20)29-2)24-13-17(10-22(24)26)23(27)25-12-16-6-14-5-15(7-16)9-19(25)8-14/h3-4,11,14-17,19H,5-10,12-13H2,1-2H3. The van der Waals surface area contributed by atoms with Gasteiger partial charge in [-0.1, -0.05) is 0 Å². The van der Waals surface area contributed by atoms with Crippen molar-refractivity contribution in [2.24, 2.45) is 23.7 Å². The summed E-state index contributed by atoms with van der Waals surface area (Å²) >= 11 is 0. The van der Waals surface area contributed by atoms with Gasteiger partial charge in [0, 0.05) is 37.3 Å². The fourth-order valence-electron chi connectivity index (χ4n) is 6.40. The van der Waals surface area contributed by atoms with Crippen LogP contribution in [0, 0.1) is 23.7 Å². The van der Waals surface area contributed by atoms with E-state index in [1.807, 2.05) is 12.1 Å². The first-order valence-electron chi connectivity index (χ1n) is 10.9. The van der Waals surface area contributed by atoms with Crippen LogP contribution < -0.4 is 14.4 Å². The van der Waals surface area contributed by atoms with E-state index in [1.165, 1.54) is 32.1 Å². The number of carbonyl (C=O) groups is 2. The molecule has 0 aromatic heterocycles. The summed E-state index contributed by atoms with van der Waals surface area (Å²) in [6.45, 7) is 1.35. The van der Waals surface area contributed by atoms with Gasteiger partial charge in [-0.3, -0.25) is 9.59 Å². The van der Waals surface area contributed by atoms with Gasteiger partial charge < -0.3 is 19.3 Å². The molecule has 0 N–H and O–H groups in total. The van der Waals surface area contributed by atoms with Crippen LogP contribution in [-0.4, -0.2) is 50.1 Å². The number of benzene rings is 1. The minimum absolute atomic E-state index is 0.0104. The number of amides is 2. The molecule has 3 unspecified atom stereocenters. The van der Waals surface area contributed by atoms with E-state index in [1.54, 1.807) is 25.2 Å². The Morgan fingerprint density at radius 1 is 0.931 bits per heavy atom. The molecule has 3 aliphatic heterocycles. The van der Waals surface area contributed by atoms with E-state index in [9.17, 15) is 9.59 Å². The third-order valence-electron chi connectivity index (χ3n) is 7.54. The molecule has 6 heteroatoms. The van der Waals surface area contributed by atoms with Crippen LogP contribution >= 0.6 is 0 Å². The maximum absolute atomic E-state index is 13.5. The highest BCUT2D eigenvalue weighted by Gasteiger charge is 2.46. The molecule has 5 aliphatic rings. The van der Waals surface area contributed by atoms with Crippen LogP contribution in [0.2, 0.25) is 0 Å². The number of anilines is 1. The molecule has 2 amide bonds. The first kappa shape index (κ1) is 18.8. The number of hydrogen-bond acceptors (Lipinski definition) is 4. The summed E-state index contributed by atoms with van der Waals surface area (Å²) in [5.41, 5.74) is 0.763. The first-order chi connectivity index (χ1) is 14.1. The zero-order valence-corrected chi connectivity index (χ0v) is 17.3. The second-order valence-corrected chi connectivity index (χ2v) is 9.37. The molecule has 3 saturated heterocycles. The molecule has 1 aromatic rings. The summed E-state index contributed by atoms with van der Waals surface area (Å²) in [5.74, 6) is 3.46. The number of hydrogen-bond donors (Lipinski definition) is 0. The van der Waals surface area contributed by atoms with Gasteiger partial charge in [-0.2, -0.15) is 0 Å². The van der Waals surface area contributed by atoms with Crippen LogP contribution in [-0.2, 0) is 9.59 Å². The van der Waals surface area contributed by atoms with Gasteiger partial charge in [0.05, 0.1) is 20.1 Å². The number of nitrogens with zero attached hydrogens (tertiary/aromatic N) is 2. The largest absolute Gasteiger partial charge is 0.493 e. The predicted molar refractivity (Wildman–Crippen MR) is 109 cm³/mol. The fourth-order valence-corrected chi connectivity index (χ4v) is 6.40. The topological polar surface area (TPSA) is 59.1 Å². The van der Waals surface area contributed by atoms with E-state index in [4.69, 9.17) is 9.47 Å². The van der Waals surface area contributed by atoms with Crippen LogP contribution in [0.25, 0.3) is 0 Å². The molecule has 6 nitrogen and oxygen atoms in total. The quantitative estimate of drug-likeness (QED) is 0.782. The molecule has 5 fully saturated rings. The van der Waals surface area contributed by atoms with E-state index in [0.717, 1.165) is 24.1 Å². The zero-order chi connectivity index (χ0) is 20.1. The Balaban J connectivity index is 1.33. The molecule has 4 bridgehead atoms. The van der Waals surface area contributed by atoms with Crippen molar-refractivity contribution in [1.29, 1.82) is 0 Å². The van der Waals surface area contributed by atoms with E-state index in [2.05, 4.69) is 4.90 Å². The van der Waals surface area contributed by atoms with Gasteiger partial charge in [0.25, 0.3) is 0 Å². The summed E-state index contributed by atoms with van der Waals surface area (Å²) in [5, 5.41) is 0. The Bertz CT molecular complexity index is 811. The van der Waals surface area contributed by atoms with Gasteiger partial charge in [-0.25, -0.2) is 0 Å². The molecule has 2 aliphatic carbocycles. The predicted octanol–water partition coefficient (Wildman–Crippen LogP) is 3.09. The SMILES string of the molecule is COc1ccc(N2CC(C(=O)N3CC4CC5CC(C4)CC3C5)CC2=O)cc1OC. The summed E-state index contributed by atoms with van der Waals surface area (Å²) in [6, 6.07) is 5.87. The number of fused-ring (bicyclic) bond motifs is 1. The van der Waals surface area contributed by atoms with Gasteiger partial charge in [0.15, 0.2) is 11.5 Å². The maximum Gasteiger partial charge on any atom is 0.228 e. The maximum atomic E-state index is 13.5. The first-order valence-corrected chi connectivity index (χ1v) is 10.9. The van der Waals surface area contributed by atoms with Crippen molar-refractivity contribution >= 4 is 17.5 Å². The van der Waals surface area contributed by atoms with Crippen LogP contribution in [0.1, 0.15) is 38.5 Å². The summed E-state index contributed by atoms with van der Waals surface area (Å²) < 4.78 is 10.7. The summed E-state index contributed by atoms with van der Waals surface area (Å²) in [7, 11) is 3.18. The van der Waals surface area contributed by atoms with Crippen LogP contribution in [0.5, 0.6) is 11.5 Å². The lowest BCUT2D eigenvalue weighted by atomic mass is 9.68. The van der Waals surface area contributed by atoms with E-state index < -0.39 is 0 Å². The minimum Gasteiger partial charge on any atom is -0.493 e. The molecular weight excluding hydrogens is 368 g/mol. The molecule has 156 valence electrons. The zero-order valence-electron chi connectivity index (χ0n) is 17.3. The van der Waals surface area contributed by atoms with Crippen molar-refractivity contribution < 1.29 is 19.1 Å². The molecule has 0 radical (unpaired) electrons. The van der Waals surface area contributed by atoms with Crippen molar-refractivity contribution in [3.05, 3.63) is 18.2 Å². The Hall–Kier alpha value is -2.24. The second kappa shape index (κ2) is 7.22. The normalized spacial score (nSPS) is 33.2. The van der Waals surface area contributed by atoms with Crippen LogP contribution in [0.15, 0.2) is 18.2 Å². The van der Waals surface area contributed by atoms with Crippen molar-refractivity contribution in [1.82, 2.24) is 4.90 Å². The fraction of sp³-hybridized carbons (Fsp3) is 0.652. The van der Waals surface area contributed by atoms with E-state index in [0.29, 0.717) is 36.4 Å². The Kier molecular flexibility index (Phi) is 4.67. The third kappa shape index (κ3) is 3.26. The Morgan fingerprint density at radius 3 is 2.31 bits per heavy atom. The molecule has 3 atom stereocenters. The lowest BCUT2D eigenvalue weighted by Gasteiger charge is -2.39. The minimum atomic E-state index is -0.244. The van der Waals surface area contributed by atoms with Crippen molar-refractivity contribution in [2.75, 3.05) is 32.2 Å².